The highest BCUT2D eigenvalue weighted by atomic mass is 79.9. The zero-order valence-corrected chi connectivity index (χ0v) is 23.5. The van der Waals surface area contributed by atoms with Gasteiger partial charge in [-0.25, -0.2) is 0 Å². The van der Waals surface area contributed by atoms with Crippen LogP contribution in [0.5, 0.6) is 0 Å². The van der Waals surface area contributed by atoms with Crippen molar-refractivity contribution in [1.82, 2.24) is 0 Å². The summed E-state index contributed by atoms with van der Waals surface area (Å²) in [5.74, 6) is 0. The Kier molecular flexibility index (Phi) is 4.66. The maximum Gasteiger partial charge on any atom is 0.0517 e. The Labute approximate surface area is 234 Å². The van der Waals surface area contributed by atoms with Crippen LogP contribution in [0, 0.1) is 0 Å². The van der Waals surface area contributed by atoms with Crippen molar-refractivity contribution in [2.75, 3.05) is 4.90 Å². The van der Waals surface area contributed by atoms with Crippen molar-refractivity contribution < 1.29 is 0 Å². The third kappa shape index (κ3) is 3.15. The first-order valence-electron chi connectivity index (χ1n) is 13.0. The molecule has 0 bridgehead atoms. The summed E-state index contributed by atoms with van der Waals surface area (Å²) < 4.78 is 3.79. The molecule has 0 aliphatic carbocycles. The van der Waals surface area contributed by atoms with Crippen LogP contribution in [0.2, 0.25) is 0 Å². The molecule has 0 saturated carbocycles. The van der Waals surface area contributed by atoms with Crippen LogP contribution in [0.4, 0.5) is 17.1 Å². The van der Waals surface area contributed by atoms with Crippen molar-refractivity contribution in [2.45, 2.75) is 19.3 Å². The molecule has 0 unspecified atom stereocenters. The number of anilines is 3. The van der Waals surface area contributed by atoms with Crippen LogP contribution in [0.15, 0.2) is 114 Å². The molecule has 0 spiro atoms. The predicted octanol–water partition coefficient (Wildman–Crippen LogP) is 11.2. The fraction of sp³-hybridized carbons (Fsp3) is 0.0857. The average Bonchev–Trinajstić information content (AvgIpc) is 3.29. The van der Waals surface area contributed by atoms with Gasteiger partial charge in [0.2, 0.25) is 0 Å². The van der Waals surface area contributed by atoms with Gasteiger partial charge in [0.25, 0.3) is 0 Å². The second-order valence-corrected chi connectivity index (χ2v) is 12.8. The highest BCUT2D eigenvalue weighted by Gasteiger charge is 2.37. The van der Waals surface area contributed by atoms with Gasteiger partial charge in [0.15, 0.2) is 0 Å². The van der Waals surface area contributed by atoms with E-state index in [1.807, 2.05) is 11.3 Å². The van der Waals surface area contributed by atoms with E-state index in [1.165, 1.54) is 69.9 Å². The molecule has 0 radical (unpaired) electrons. The van der Waals surface area contributed by atoms with Crippen molar-refractivity contribution in [2.24, 2.45) is 0 Å². The number of hydrogen-bond donors (Lipinski definition) is 0. The Balaban J connectivity index is 1.42. The number of hydrogen-bond acceptors (Lipinski definition) is 2. The van der Waals surface area contributed by atoms with E-state index in [4.69, 9.17) is 0 Å². The highest BCUT2D eigenvalue weighted by molar-refractivity contribution is 9.10. The Hall–Kier alpha value is -3.66. The number of nitrogens with zero attached hydrogens (tertiary/aromatic N) is 1. The van der Waals surface area contributed by atoms with Gasteiger partial charge in [0.1, 0.15) is 0 Å². The lowest BCUT2D eigenvalue weighted by Crippen LogP contribution is -2.30. The number of benzene rings is 6. The molecule has 8 rings (SSSR count). The van der Waals surface area contributed by atoms with Crippen LogP contribution in [-0.4, -0.2) is 0 Å². The van der Waals surface area contributed by atoms with E-state index in [2.05, 4.69) is 144 Å². The SMILES string of the molecule is CC1(C)c2ccccc2N(c2ccc3cc4cc(Br)ccc4cc3c2)c2cc3sc4ccccc4c3cc21. The molecule has 0 atom stereocenters. The fourth-order valence-electron chi connectivity index (χ4n) is 6.29. The van der Waals surface area contributed by atoms with Crippen molar-refractivity contribution in [3.8, 4) is 0 Å². The zero-order valence-electron chi connectivity index (χ0n) is 21.1. The second kappa shape index (κ2) is 7.92. The first kappa shape index (κ1) is 22.3. The summed E-state index contributed by atoms with van der Waals surface area (Å²) in [6.07, 6.45) is 0. The van der Waals surface area contributed by atoms with E-state index < -0.39 is 0 Å². The van der Waals surface area contributed by atoms with Gasteiger partial charge in [0.05, 0.1) is 11.4 Å². The molecule has 7 aromatic rings. The Morgan fingerprint density at radius 3 is 2.18 bits per heavy atom. The fourth-order valence-corrected chi connectivity index (χ4v) is 7.79. The Morgan fingerprint density at radius 1 is 0.579 bits per heavy atom. The lowest BCUT2D eigenvalue weighted by Gasteiger charge is -2.42. The Morgan fingerprint density at radius 2 is 1.32 bits per heavy atom. The summed E-state index contributed by atoms with van der Waals surface area (Å²) in [6, 6.07) is 40.6. The van der Waals surface area contributed by atoms with Crippen LogP contribution in [0.3, 0.4) is 0 Å². The molecule has 182 valence electrons. The monoisotopic (exact) mass is 569 g/mol. The molecule has 3 heteroatoms. The molecule has 0 fully saturated rings. The van der Waals surface area contributed by atoms with Crippen LogP contribution in [-0.2, 0) is 5.41 Å². The molecule has 1 aromatic heterocycles. The molecule has 2 heterocycles. The summed E-state index contributed by atoms with van der Waals surface area (Å²) in [7, 11) is 0. The lowest BCUT2D eigenvalue weighted by molar-refractivity contribution is 0.633. The minimum Gasteiger partial charge on any atom is -0.310 e. The van der Waals surface area contributed by atoms with Crippen LogP contribution in [0.25, 0.3) is 41.7 Å². The van der Waals surface area contributed by atoms with Crippen molar-refractivity contribution in [1.29, 1.82) is 0 Å². The second-order valence-electron chi connectivity index (χ2n) is 10.8. The minimum absolute atomic E-state index is 0.111. The number of fused-ring (bicyclic) bond motifs is 7. The quantitative estimate of drug-likeness (QED) is 0.178. The number of para-hydroxylation sites is 1. The molecule has 0 amide bonds. The molecule has 1 nitrogen and oxygen atoms in total. The molecular weight excluding hydrogens is 546 g/mol. The van der Waals surface area contributed by atoms with E-state index in [0.717, 1.165) is 4.47 Å². The first-order valence-corrected chi connectivity index (χ1v) is 14.6. The van der Waals surface area contributed by atoms with Gasteiger partial charge >= 0.3 is 0 Å². The number of thiophene rings is 1. The zero-order chi connectivity index (χ0) is 25.6. The standard InChI is InChI=1S/C35H24BrNS/c1-35(2)29-8-4-5-9-31(29)37(32-20-34-28(19-30(32)35)27-7-3-6-10-33(27)38-34)26-14-12-22-15-23-17-25(36)13-11-21(23)16-24(22)18-26/h3-20H,1-2H3. The van der Waals surface area contributed by atoms with Gasteiger partial charge < -0.3 is 4.90 Å². The summed E-state index contributed by atoms with van der Waals surface area (Å²) in [5.41, 5.74) is 6.34. The number of halogens is 1. The smallest absolute Gasteiger partial charge is 0.0517 e. The van der Waals surface area contributed by atoms with Gasteiger partial charge in [-0.1, -0.05) is 78.3 Å². The van der Waals surface area contributed by atoms with E-state index in [9.17, 15) is 0 Å². The van der Waals surface area contributed by atoms with E-state index >= 15 is 0 Å². The van der Waals surface area contributed by atoms with Crippen LogP contribution >= 0.6 is 27.3 Å². The average molecular weight is 571 g/mol. The Bertz CT molecular complexity index is 2080. The third-order valence-electron chi connectivity index (χ3n) is 8.23. The van der Waals surface area contributed by atoms with E-state index in [-0.39, 0.29) is 5.41 Å². The molecule has 0 N–H and O–H groups in total. The summed E-state index contributed by atoms with van der Waals surface area (Å²) >= 11 is 5.51. The summed E-state index contributed by atoms with van der Waals surface area (Å²) in [5, 5.41) is 7.72. The molecule has 1 aliphatic heterocycles. The molecule has 0 saturated heterocycles. The topological polar surface area (TPSA) is 3.24 Å². The van der Waals surface area contributed by atoms with Gasteiger partial charge in [-0.05, 0) is 93.3 Å². The van der Waals surface area contributed by atoms with Gasteiger partial charge in [0, 0.05) is 35.7 Å². The first-order chi connectivity index (χ1) is 18.5. The third-order valence-corrected chi connectivity index (χ3v) is 9.85. The predicted molar refractivity (Wildman–Crippen MR) is 169 cm³/mol. The van der Waals surface area contributed by atoms with Gasteiger partial charge in [-0.3, -0.25) is 0 Å². The van der Waals surface area contributed by atoms with Crippen LogP contribution < -0.4 is 4.90 Å². The number of rotatable bonds is 1. The van der Waals surface area contributed by atoms with Crippen molar-refractivity contribution in [3.05, 3.63) is 125 Å². The van der Waals surface area contributed by atoms with E-state index in [1.54, 1.807) is 0 Å². The summed E-state index contributed by atoms with van der Waals surface area (Å²) in [4.78, 5) is 2.48. The van der Waals surface area contributed by atoms with E-state index in [0.29, 0.717) is 0 Å². The largest absolute Gasteiger partial charge is 0.310 e. The molecule has 6 aromatic carbocycles. The summed E-state index contributed by atoms with van der Waals surface area (Å²) in [6.45, 7) is 4.74. The maximum absolute atomic E-state index is 3.62. The highest BCUT2D eigenvalue weighted by Crippen LogP contribution is 2.54. The molecule has 1 aliphatic rings. The van der Waals surface area contributed by atoms with Gasteiger partial charge in [-0.2, -0.15) is 0 Å². The van der Waals surface area contributed by atoms with Crippen molar-refractivity contribution in [3.63, 3.8) is 0 Å². The lowest BCUT2D eigenvalue weighted by atomic mass is 9.73. The van der Waals surface area contributed by atoms with Gasteiger partial charge in [-0.15, -0.1) is 11.3 Å². The van der Waals surface area contributed by atoms with Crippen molar-refractivity contribution >= 4 is 86.0 Å². The molecule has 38 heavy (non-hydrogen) atoms. The van der Waals surface area contributed by atoms with Crippen LogP contribution in [0.1, 0.15) is 25.0 Å². The maximum atomic E-state index is 3.62. The minimum atomic E-state index is -0.111. The normalized spacial score (nSPS) is 14.3. The molecular formula is C35H24BrNS.